The number of hydrogen-bond acceptors (Lipinski definition) is 4. The lowest BCUT2D eigenvalue weighted by atomic mass is 10.0. The zero-order chi connectivity index (χ0) is 16.1. The minimum absolute atomic E-state index is 0.0294. The maximum absolute atomic E-state index is 11.8. The van der Waals surface area contributed by atoms with Crippen LogP contribution in [0.15, 0.2) is 0 Å². The molecule has 0 aliphatic carbocycles. The van der Waals surface area contributed by atoms with Gasteiger partial charge in [-0.25, -0.2) is 9.52 Å². The van der Waals surface area contributed by atoms with Gasteiger partial charge in [0.25, 0.3) is 0 Å². The summed E-state index contributed by atoms with van der Waals surface area (Å²) in [6.45, 7) is 4.09. The first-order valence-corrected chi connectivity index (χ1v) is 9.49. The summed E-state index contributed by atoms with van der Waals surface area (Å²) in [7, 11) is -3.89. The van der Waals surface area contributed by atoms with Crippen LogP contribution in [0, 0.1) is 0 Å². The van der Waals surface area contributed by atoms with Crippen molar-refractivity contribution < 1.29 is 17.9 Å². The van der Waals surface area contributed by atoms with Crippen molar-refractivity contribution in [3.05, 3.63) is 0 Å². The number of amides is 1. The second-order valence-electron chi connectivity index (χ2n) is 4.88. The van der Waals surface area contributed by atoms with E-state index in [1.165, 1.54) is 0 Å². The predicted molar refractivity (Wildman–Crippen MR) is 84.7 cm³/mol. The molecule has 0 radical (unpaired) electrons. The van der Waals surface area contributed by atoms with Crippen LogP contribution in [0.4, 0.5) is 4.79 Å². The second-order valence-corrected chi connectivity index (χ2v) is 6.71. The van der Waals surface area contributed by atoms with Crippen LogP contribution in [-0.2, 0) is 14.9 Å². The van der Waals surface area contributed by atoms with Crippen molar-refractivity contribution >= 4 is 27.9 Å². The molecule has 0 aromatic rings. The van der Waals surface area contributed by atoms with E-state index in [9.17, 15) is 13.2 Å². The Kier molecular flexibility index (Phi) is 11.8. The molecule has 8 heteroatoms. The van der Waals surface area contributed by atoms with E-state index >= 15 is 0 Å². The van der Waals surface area contributed by atoms with E-state index in [0.717, 1.165) is 44.9 Å². The SMILES string of the molecule is CCCCCCC(CCC)NS(=O)(=O)NC(=O)OCCCl. The van der Waals surface area contributed by atoms with Gasteiger partial charge in [-0.1, -0.05) is 46.0 Å². The molecule has 1 atom stereocenters. The highest BCUT2D eigenvalue weighted by Gasteiger charge is 2.19. The molecular formula is C13H27ClN2O4S. The molecule has 0 rings (SSSR count). The Morgan fingerprint density at radius 2 is 1.86 bits per heavy atom. The molecule has 6 nitrogen and oxygen atoms in total. The Hall–Kier alpha value is -0.530. The maximum atomic E-state index is 11.8. The molecule has 1 unspecified atom stereocenters. The van der Waals surface area contributed by atoms with Crippen LogP contribution in [0.5, 0.6) is 0 Å². The molecule has 0 heterocycles. The maximum Gasteiger partial charge on any atom is 0.421 e. The number of unbranched alkanes of at least 4 members (excludes halogenated alkanes) is 3. The molecule has 0 aromatic carbocycles. The first-order valence-electron chi connectivity index (χ1n) is 7.48. The number of halogens is 1. The molecule has 0 bridgehead atoms. The van der Waals surface area contributed by atoms with E-state index in [0.29, 0.717) is 0 Å². The van der Waals surface area contributed by atoms with Crippen LogP contribution in [0.2, 0.25) is 0 Å². The summed E-state index contributed by atoms with van der Waals surface area (Å²) in [6.07, 6.45) is 5.71. The van der Waals surface area contributed by atoms with Crippen molar-refractivity contribution in [3.63, 3.8) is 0 Å². The van der Waals surface area contributed by atoms with Crippen LogP contribution in [0.25, 0.3) is 0 Å². The summed E-state index contributed by atoms with van der Waals surface area (Å²) >= 11 is 5.36. The van der Waals surface area contributed by atoms with E-state index in [4.69, 9.17) is 11.6 Å². The van der Waals surface area contributed by atoms with Crippen molar-refractivity contribution in [2.24, 2.45) is 0 Å². The summed E-state index contributed by atoms with van der Waals surface area (Å²) in [6, 6.07) is -0.162. The minimum Gasteiger partial charge on any atom is -0.448 e. The molecule has 0 aliphatic rings. The standard InChI is InChI=1S/C13H27ClN2O4S/c1-3-5-6-7-9-12(8-4-2)15-21(18,19)16-13(17)20-11-10-14/h12,15H,3-11H2,1-2H3,(H,16,17). The fraction of sp³-hybridized carbons (Fsp3) is 0.923. The normalized spacial score (nSPS) is 12.9. The lowest BCUT2D eigenvalue weighted by Crippen LogP contribution is -2.45. The van der Waals surface area contributed by atoms with Crippen LogP contribution in [-0.4, -0.2) is 33.0 Å². The lowest BCUT2D eigenvalue weighted by molar-refractivity contribution is 0.159. The Bertz CT molecular complexity index is 376. The highest BCUT2D eigenvalue weighted by molar-refractivity contribution is 7.88. The number of alkyl halides is 1. The quantitative estimate of drug-likeness (QED) is 0.422. The molecule has 2 N–H and O–H groups in total. The number of carbonyl (C=O) groups is 1. The van der Waals surface area contributed by atoms with Crippen molar-refractivity contribution in [2.75, 3.05) is 12.5 Å². The van der Waals surface area contributed by atoms with Crippen molar-refractivity contribution in [2.45, 2.75) is 64.8 Å². The van der Waals surface area contributed by atoms with Gasteiger partial charge in [0, 0.05) is 6.04 Å². The summed E-state index contributed by atoms with van der Waals surface area (Å²) in [5.74, 6) is 0.122. The second kappa shape index (κ2) is 12.1. The molecule has 0 spiro atoms. The highest BCUT2D eigenvalue weighted by Crippen LogP contribution is 2.10. The number of carbonyl (C=O) groups excluding carboxylic acids is 1. The van der Waals surface area contributed by atoms with Crippen molar-refractivity contribution in [1.82, 2.24) is 9.44 Å². The van der Waals surface area contributed by atoms with Gasteiger partial charge in [0.05, 0.1) is 5.88 Å². The molecule has 126 valence electrons. The Morgan fingerprint density at radius 1 is 1.14 bits per heavy atom. The van der Waals surface area contributed by atoms with Crippen LogP contribution < -0.4 is 9.44 Å². The fourth-order valence-electron chi connectivity index (χ4n) is 1.95. The van der Waals surface area contributed by atoms with Crippen molar-refractivity contribution in [1.29, 1.82) is 0 Å². The van der Waals surface area contributed by atoms with Gasteiger partial charge >= 0.3 is 16.3 Å². The van der Waals surface area contributed by atoms with Gasteiger partial charge < -0.3 is 4.74 Å². The van der Waals surface area contributed by atoms with Gasteiger partial charge in [0.15, 0.2) is 0 Å². The lowest BCUT2D eigenvalue weighted by Gasteiger charge is -2.18. The third-order valence-electron chi connectivity index (χ3n) is 2.89. The first kappa shape index (κ1) is 20.5. The number of nitrogens with one attached hydrogen (secondary N) is 2. The van der Waals surface area contributed by atoms with Crippen LogP contribution >= 0.6 is 11.6 Å². The predicted octanol–water partition coefficient (Wildman–Crippen LogP) is 2.92. The molecular weight excluding hydrogens is 316 g/mol. The average molecular weight is 343 g/mol. The monoisotopic (exact) mass is 342 g/mol. The largest absolute Gasteiger partial charge is 0.448 e. The smallest absolute Gasteiger partial charge is 0.421 e. The minimum atomic E-state index is -3.89. The van der Waals surface area contributed by atoms with Gasteiger partial charge in [-0.05, 0) is 12.8 Å². The van der Waals surface area contributed by atoms with E-state index < -0.39 is 16.3 Å². The third kappa shape index (κ3) is 11.8. The zero-order valence-corrected chi connectivity index (χ0v) is 14.4. The van der Waals surface area contributed by atoms with Gasteiger partial charge in [0.1, 0.15) is 6.61 Å². The Morgan fingerprint density at radius 3 is 2.43 bits per heavy atom. The van der Waals surface area contributed by atoms with E-state index in [2.05, 4.69) is 16.4 Å². The Labute approximate surface area is 133 Å². The third-order valence-corrected chi connectivity index (χ3v) is 4.13. The van der Waals surface area contributed by atoms with Crippen LogP contribution in [0.3, 0.4) is 0 Å². The van der Waals surface area contributed by atoms with E-state index in [-0.39, 0.29) is 18.5 Å². The molecule has 21 heavy (non-hydrogen) atoms. The number of hydrogen-bond donors (Lipinski definition) is 2. The molecule has 0 aliphatic heterocycles. The van der Waals surface area contributed by atoms with E-state index in [1.807, 2.05) is 11.6 Å². The molecule has 1 amide bonds. The molecule has 0 saturated heterocycles. The highest BCUT2D eigenvalue weighted by atomic mass is 35.5. The number of rotatable bonds is 12. The summed E-state index contributed by atoms with van der Waals surface area (Å²) in [5.41, 5.74) is 0. The van der Waals surface area contributed by atoms with Gasteiger partial charge in [-0.15, -0.1) is 11.6 Å². The summed E-state index contributed by atoms with van der Waals surface area (Å²) in [4.78, 5) is 11.2. The average Bonchev–Trinajstić information content (AvgIpc) is 2.40. The van der Waals surface area contributed by atoms with Gasteiger partial charge in [-0.2, -0.15) is 13.1 Å². The van der Waals surface area contributed by atoms with Crippen molar-refractivity contribution in [3.8, 4) is 0 Å². The molecule has 0 saturated carbocycles. The summed E-state index contributed by atoms with van der Waals surface area (Å²) in [5, 5.41) is 0. The molecule has 0 fully saturated rings. The number of ether oxygens (including phenoxy) is 1. The Balaban J connectivity index is 4.28. The first-order chi connectivity index (χ1) is 9.95. The van der Waals surface area contributed by atoms with Crippen LogP contribution in [0.1, 0.15) is 58.8 Å². The van der Waals surface area contributed by atoms with Gasteiger partial charge in [0.2, 0.25) is 0 Å². The fourth-order valence-corrected chi connectivity index (χ4v) is 3.04. The zero-order valence-electron chi connectivity index (χ0n) is 12.9. The topological polar surface area (TPSA) is 84.5 Å². The van der Waals surface area contributed by atoms with Gasteiger partial charge in [-0.3, -0.25) is 0 Å². The van der Waals surface area contributed by atoms with E-state index in [1.54, 1.807) is 0 Å². The summed E-state index contributed by atoms with van der Waals surface area (Å²) < 4.78 is 32.6. The molecule has 0 aromatic heterocycles.